The predicted molar refractivity (Wildman–Crippen MR) is 88.7 cm³/mol. The molecule has 1 saturated heterocycles. The molecule has 0 saturated carbocycles. The van der Waals surface area contributed by atoms with Gasteiger partial charge >= 0.3 is 0 Å². The second kappa shape index (κ2) is 6.59. The van der Waals surface area contributed by atoms with E-state index in [1.54, 1.807) is 0 Å². The average molecular weight is 339 g/mol. The van der Waals surface area contributed by atoms with E-state index in [-0.39, 0.29) is 5.84 Å². The van der Waals surface area contributed by atoms with Crippen LogP contribution in [-0.2, 0) is 0 Å². The van der Waals surface area contributed by atoms with Crippen LogP contribution in [0.5, 0.6) is 0 Å². The van der Waals surface area contributed by atoms with Crippen LogP contribution in [-0.4, -0.2) is 43.5 Å². The molecule has 1 aliphatic heterocycles. The Hall–Kier alpha value is -1.07. The Morgan fingerprint density at radius 1 is 1.55 bits per heavy atom. The van der Waals surface area contributed by atoms with E-state index < -0.39 is 0 Å². The summed E-state index contributed by atoms with van der Waals surface area (Å²) in [6, 6.07) is 6.63. The first kappa shape index (κ1) is 15.3. The third kappa shape index (κ3) is 3.33. The Morgan fingerprint density at radius 2 is 2.30 bits per heavy atom. The molecule has 1 fully saturated rings. The second-order valence-corrected chi connectivity index (χ2v) is 6.24. The molecule has 1 aliphatic rings. The summed E-state index contributed by atoms with van der Waals surface area (Å²) in [6.45, 7) is 5.63. The first-order chi connectivity index (χ1) is 9.52. The molecule has 0 amide bonds. The third-order valence-corrected chi connectivity index (χ3v) is 4.73. The maximum absolute atomic E-state index is 7.51. The molecule has 0 spiro atoms. The number of likely N-dealkylation sites (tertiary alicyclic amines) is 1. The summed E-state index contributed by atoms with van der Waals surface area (Å²) >= 11 is 3.50. The monoisotopic (exact) mass is 338 g/mol. The zero-order chi connectivity index (χ0) is 14.7. The highest BCUT2D eigenvalue weighted by Crippen LogP contribution is 2.25. The molecule has 0 aromatic heterocycles. The van der Waals surface area contributed by atoms with Crippen molar-refractivity contribution in [2.75, 3.05) is 31.6 Å². The van der Waals surface area contributed by atoms with E-state index in [9.17, 15) is 0 Å². The minimum Gasteiger partial charge on any atom is -0.384 e. The molecule has 0 aliphatic carbocycles. The fourth-order valence-electron chi connectivity index (χ4n) is 2.90. The molecule has 1 atom stereocenters. The number of hydrogen-bond acceptors (Lipinski definition) is 3. The van der Waals surface area contributed by atoms with Gasteiger partial charge in [-0.05, 0) is 60.1 Å². The number of nitrogens with two attached hydrogens (primary N) is 1. The molecule has 1 heterocycles. The normalized spacial score (nSPS) is 19.2. The number of nitrogen functional groups attached to an aromatic ring is 1. The van der Waals surface area contributed by atoms with Gasteiger partial charge in [0.05, 0.1) is 0 Å². The largest absolute Gasteiger partial charge is 0.384 e. The first-order valence-corrected chi connectivity index (χ1v) is 7.91. The number of benzene rings is 1. The Morgan fingerprint density at radius 3 is 2.90 bits per heavy atom. The molecule has 3 N–H and O–H groups in total. The summed E-state index contributed by atoms with van der Waals surface area (Å²) in [5.41, 5.74) is 7.45. The van der Waals surface area contributed by atoms with Gasteiger partial charge in [0.25, 0.3) is 0 Å². The quantitative estimate of drug-likeness (QED) is 0.641. The van der Waals surface area contributed by atoms with Gasteiger partial charge in [0.2, 0.25) is 0 Å². The molecule has 2 rings (SSSR count). The van der Waals surface area contributed by atoms with Crippen molar-refractivity contribution in [1.29, 1.82) is 5.41 Å². The molecule has 20 heavy (non-hydrogen) atoms. The van der Waals surface area contributed by atoms with Crippen molar-refractivity contribution in [2.45, 2.75) is 25.8 Å². The van der Waals surface area contributed by atoms with E-state index in [0.717, 1.165) is 28.8 Å². The number of anilines is 1. The molecule has 110 valence electrons. The highest BCUT2D eigenvalue weighted by molar-refractivity contribution is 9.10. The van der Waals surface area contributed by atoms with Gasteiger partial charge in [-0.25, -0.2) is 0 Å². The summed E-state index contributed by atoms with van der Waals surface area (Å²) < 4.78 is 0.883. The minimum atomic E-state index is 0.0963. The Labute approximate surface area is 129 Å². The van der Waals surface area contributed by atoms with Crippen molar-refractivity contribution in [3.8, 4) is 0 Å². The van der Waals surface area contributed by atoms with E-state index in [1.807, 2.05) is 18.2 Å². The number of nitrogens with one attached hydrogen (secondary N) is 1. The van der Waals surface area contributed by atoms with Crippen molar-refractivity contribution in [3.63, 3.8) is 0 Å². The number of amidine groups is 1. The minimum absolute atomic E-state index is 0.0963. The molecular formula is C15H23BrN4. The number of nitrogens with zero attached hydrogens (tertiary/aromatic N) is 2. The second-order valence-electron chi connectivity index (χ2n) is 5.38. The van der Waals surface area contributed by atoms with Crippen molar-refractivity contribution in [1.82, 2.24) is 4.90 Å². The number of hydrogen-bond donors (Lipinski definition) is 2. The maximum Gasteiger partial charge on any atom is 0.123 e. The van der Waals surface area contributed by atoms with Gasteiger partial charge in [-0.1, -0.05) is 6.92 Å². The van der Waals surface area contributed by atoms with E-state index in [2.05, 4.69) is 39.7 Å². The lowest BCUT2D eigenvalue weighted by Crippen LogP contribution is -2.38. The van der Waals surface area contributed by atoms with Crippen LogP contribution < -0.4 is 10.6 Å². The smallest absolute Gasteiger partial charge is 0.123 e. The zero-order valence-electron chi connectivity index (χ0n) is 12.2. The predicted octanol–water partition coefficient (Wildman–Crippen LogP) is 2.65. The van der Waals surface area contributed by atoms with Gasteiger partial charge in [0, 0.05) is 35.4 Å². The fourth-order valence-corrected chi connectivity index (χ4v) is 3.48. The van der Waals surface area contributed by atoms with Crippen LogP contribution in [0.3, 0.4) is 0 Å². The Bertz CT molecular complexity index is 489. The number of likely N-dealkylation sites (N-methyl/N-ethyl adjacent to an activating group) is 2. The van der Waals surface area contributed by atoms with Gasteiger partial charge in [0.15, 0.2) is 0 Å². The molecule has 0 radical (unpaired) electrons. The third-order valence-electron chi connectivity index (χ3n) is 4.07. The number of rotatable bonds is 5. The molecule has 1 aromatic rings. The summed E-state index contributed by atoms with van der Waals surface area (Å²) in [5.74, 6) is 0.0963. The van der Waals surface area contributed by atoms with Gasteiger partial charge in [-0.3, -0.25) is 10.3 Å². The van der Waals surface area contributed by atoms with Crippen LogP contribution in [0.1, 0.15) is 25.3 Å². The standard InChI is InChI=1S/C15H23BrN4/c1-3-20-8-4-5-12(20)10-19(2)11-6-7-13(15(17)18)14(16)9-11/h6-7,9,12H,3-5,8,10H2,1-2H3,(H3,17,18). The van der Waals surface area contributed by atoms with Gasteiger partial charge in [0.1, 0.15) is 5.84 Å². The molecule has 4 nitrogen and oxygen atoms in total. The fraction of sp³-hybridized carbons (Fsp3) is 0.533. The van der Waals surface area contributed by atoms with Crippen LogP contribution in [0.2, 0.25) is 0 Å². The van der Waals surface area contributed by atoms with Crippen LogP contribution >= 0.6 is 15.9 Å². The van der Waals surface area contributed by atoms with Crippen LogP contribution in [0.4, 0.5) is 5.69 Å². The topological polar surface area (TPSA) is 56.4 Å². The lowest BCUT2D eigenvalue weighted by molar-refractivity contribution is 0.270. The summed E-state index contributed by atoms with van der Waals surface area (Å²) in [7, 11) is 2.13. The van der Waals surface area contributed by atoms with Crippen LogP contribution in [0.25, 0.3) is 0 Å². The molecule has 1 aromatic carbocycles. The highest BCUT2D eigenvalue weighted by Gasteiger charge is 2.24. The molecule has 0 bridgehead atoms. The lowest BCUT2D eigenvalue weighted by Gasteiger charge is -2.29. The van der Waals surface area contributed by atoms with Crippen molar-refractivity contribution >= 4 is 27.5 Å². The van der Waals surface area contributed by atoms with Gasteiger partial charge in [-0.2, -0.15) is 0 Å². The first-order valence-electron chi connectivity index (χ1n) is 7.12. The van der Waals surface area contributed by atoms with Crippen LogP contribution in [0.15, 0.2) is 22.7 Å². The van der Waals surface area contributed by atoms with E-state index in [4.69, 9.17) is 11.1 Å². The van der Waals surface area contributed by atoms with Gasteiger partial charge in [-0.15, -0.1) is 0 Å². The lowest BCUT2D eigenvalue weighted by atomic mass is 10.1. The summed E-state index contributed by atoms with van der Waals surface area (Å²) in [6.07, 6.45) is 2.59. The highest BCUT2D eigenvalue weighted by atomic mass is 79.9. The van der Waals surface area contributed by atoms with Gasteiger partial charge < -0.3 is 10.6 Å². The van der Waals surface area contributed by atoms with Crippen molar-refractivity contribution < 1.29 is 0 Å². The zero-order valence-corrected chi connectivity index (χ0v) is 13.8. The van der Waals surface area contributed by atoms with E-state index >= 15 is 0 Å². The number of halogens is 1. The SMILES string of the molecule is CCN1CCCC1CN(C)c1ccc(C(=N)N)c(Br)c1. The Kier molecular flexibility index (Phi) is 5.05. The molecule has 1 unspecified atom stereocenters. The van der Waals surface area contributed by atoms with Crippen molar-refractivity contribution in [3.05, 3.63) is 28.2 Å². The molecule has 5 heteroatoms. The summed E-state index contributed by atoms with van der Waals surface area (Å²) in [5, 5.41) is 7.51. The van der Waals surface area contributed by atoms with Crippen molar-refractivity contribution in [2.24, 2.45) is 5.73 Å². The van der Waals surface area contributed by atoms with E-state index in [1.165, 1.54) is 19.4 Å². The Balaban J connectivity index is 2.07. The van der Waals surface area contributed by atoms with Crippen LogP contribution in [0, 0.1) is 5.41 Å². The average Bonchev–Trinajstić information content (AvgIpc) is 2.85. The maximum atomic E-state index is 7.51. The summed E-state index contributed by atoms with van der Waals surface area (Å²) in [4.78, 5) is 4.84. The molecular weight excluding hydrogens is 316 g/mol. The van der Waals surface area contributed by atoms with E-state index in [0.29, 0.717) is 6.04 Å².